The number of hydrogen-bond donors (Lipinski definition) is 1. The molecule has 100 valence electrons. The average molecular weight is 265 g/mol. The van der Waals surface area contributed by atoms with Gasteiger partial charge in [0.05, 0.1) is 11.6 Å². The first-order chi connectivity index (χ1) is 9.83. The van der Waals surface area contributed by atoms with E-state index >= 15 is 0 Å². The van der Waals surface area contributed by atoms with Crippen molar-refractivity contribution < 1.29 is 0 Å². The van der Waals surface area contributed by atoms with Crippen molar-refractivity contribution in [3.63, 3.8) is 0 Å². The van der Waals surface area contributed by atoms with Crippen LogP contribution in [0.25, 0.3) is 5.65 Å². The van der Waals surface area contributed by atoms with E-state index in [4.69, 9.17) is 0 Å². The minimum absolute atomic E-state index is 0.198. The number of benzene rings is 1. The van der Waals surface area contributed by atoms with Crippen LogP contribution in [0.1, 0.15) is 28.6 Å². The van der Waals surface area contributed by atoms with E-state index in [1.807, 2.05) is 23.6 Å². The zero-order chi connectivity index (χ0) is 13.5. The number of nitrogens with one attached hydrogen (secondary N) is 1. The summed E-state index contributed by atoms with van der Waals surface area (Å²) in [5, 5.41) is 16.6. The SMILES string of the molecule is Cc1ccc2nnc(C3CNCc4ccccc43)n2n1. The van der Waals surface area contributed by atoms with Crippen LogP contribution in [0.5, 0.6) is 0 Å². The maximum atomic E-state index is 4.55. The van der Waals surface area contributed by atoms with Crippen molar-refractivity contribution in [3.05, 3.63) is 59.0 Å². The smallest absolute Gasteiger partial charge is 0.177 e. The molecule has 0 spiro atoms. The molecule has 0 aliphatic carbocycles. The Balaban J connectivity index is 1.90. The van der Waals surface area contributed by atoms with E-state index < -0.39 is 0 Å². The highest BCUT2D eigenvalue weighted by atomic mass is 15.4. The zero-order valence-electron chi connectivity index (χ0n) is 11.2. The highest BCUT2D eigenvalue weighted by Crippen LogP contribution is 2.28. The van der Waals surface area contributed by atoms with Gasteiger partial charge in [0.15, 0.2) is 11.5 Å². The highest BCUT2D eigenvalue weighted by molar-refractivity contribution is 5.41. The van der Waals surface area contributed by atoms with Gasteiger partial charge in [-0.05, 0) is 30.2 Å². The van der Waals surface area contributed by atoms with Gasteiger partial charge < -0.3 is 5.32 Å². The fraction of sp³-hybridized carbons (Fsp3) is 0.267. The molecule has 0 fully saturated rings. The van der Waals surface area contributed by atoms with Gasteiger partial charge in [-0.15, -0.1) is 10.2 Å². The van der Waals surface area contributed by atoms with Crippen molar-refractivity contribution >= 4 is 5.65 Å². The molecule has 1 aliphatic heterocycles. The van der Waals surface area contributed by atoms with Crippen molar-refractivity contribution in [1.29, 1.82) is 0 Å². The molecule has 0 amide bonds. The van der Waals surface area contributed by atoms with Crippen molar-refractivity contribution in [2.45, 2.75) is 19.4 Å². The van der Waals surface area contributed by atoms with Gasteiger partial charge >= 0.3 is 0 Å². The molecule has 3 aromatic rings. The number of rotatable bonds is 1. The van der Waals surface area contributed by atoms with Gasteiger partial charge in [0.2, 0.25) is 0 Å². The van der Waals surface area contributed by atoms with Gasteiger partial charge in [0.1, 0.15) is 0 Å². The van der Waals surface area contributed by atoms with E-state index in [9.17, 15) is 0 Å². The van der Waals surface area contributed by atoms with Gasteiger partial charge in [-0.3, -0.25) is 0 Å². The number of aromatic nitrogens is 4. The Hall–Kier alpha value is -2.27. The molecule has 4 rings (SSSR count). The summed E-state index contributed by atoms with van der Waals surface area (Å²) in [7, 11) is 0. The second-order valence-corrected chi connectivity index (χ2v) is 5.19. The van der Waals surface area contributed by atoms with Crippen molar-refractivity contribution in [3.8, 4) is 0 Å². The summed E-state index contributed by atoms with van der Waals surface area (Å²) >= 11 is 0. The van der Waals surface area contributed by atoms with E-state index in [1.165, 1.54) is 11.1 Å². The second kappa shape index (κ2) is 4.38. The summed E-state index contributed by atoms with van der Waals surface area (Å²) in [5.74, 6) is 1.10. The standard InChI is InChI=1S/C15H15N5/c1-10-6-7-14-17-18-15(20(14)19-10)13-9-16-8-11-4-2-3-5-12(11)13/h2-7,13,16H,8-9H2,1H3. The largest absolute Gasteiger partial charge is 0.312 e. The molecule has 5 heteroatoms. The Morgan fingerprint density at radius 3 is 3.00 bits per heavy atom. The number of aryl methyl sites for hydroxylation is 1. The van der Waals surface area contributed by atoms with Crippen molar-refractivity contribution in [2.75, 3.05) is 6.54 Å². The molecule has 1 aromatic carbocycles. The molecule has 0 saturated heterocycles. The summed E-state index contributed by atoms with van der Waals surface area (Å²) in [6, 6.07) is 12.4. The third-order valence-corrected chi connectivity index (χ3v) is 3.83. The summed E-state index contributed by atoms with van der Waals surface area (Å²) < 4.78 is 1.86. The van der Waals surface area contributed by atoms with Crippen LogP contribution in [0.2, 0.25) is 0 Å². The fourth-order valence-electron chi connectivity index (χ4n) is 2.84. The first-order valence-corrected chi connectivity index (χ1v) is 6.80. The van der Waals surface area contributed by atoms with Crippen LogP contribution >= 0.6 is 0 Å². The predicted octanol–water partition coefficient (Wildman–Crippen LogP) is 1.67. The van der Waals surface area contributed by atoms with E-state index in [1.54, 1.807) is 0 Å². The van der Waals surface area contributed by atoms with Gasteiger partial charge in [-0.1, -0.05) is 24.3 Å². The third-order valence-electron chi connectivity index (χ3n) is 3.83. The second-order valence-electron chi connectivity index (χ2n) is 5.19. The Morgan fingerprint density at radius 2 is 2.05 bits per heavy atom. The Morgan fingerprint density at radius 1 is 1.15 bits per heavy atom. The van der Waals surface area contributed by atoms with Crippen LogP contribution in [-0.2, 0) is 6.54 Å². The van der Waals surface area contributed by atoms with Crippen LogP contribution in [-0.4, -0.2) is 26.4 Å². The lowest BCUT2D eigenvalue weighted by molar-refractivity contribution is 0.561. The number of fused-ring (bicyclic) bond motifs is 2. The molecule has 5 nitrogen and oxygen atoms in total. The van der Waals surface area contributed by atoms with Gasteiger partial charge in [0, 0.05) is 13.1 Å². The molecule has 1 N–H and O–H groups in total. The molecule has 1 aliphatic rings. The van der Waals surface area contributed by atoms with Crippen LogP contribution in [0.3, 0.4) is 0 Å². The summed E-state index contributed by atoms with van der Waals surface area (Å²) in [4.78, 5) is 0. The van der Waals surface area contributed by atoms with Gasteiger partial charge in [-0.2, -0.15) is 9.61 Å². The first kappa shape index (κ1) is 11.5. The van der Waals surface area contributed by atoms with Crippen molar-refractivity contribution in [2.24, 2.45) is 0 Å². The summed E-state index contributed by atoms with van der Waals surface area (Å²) in [6.45, 7) is 3.76. The van der Waals surface area contributed by atoms with E-state index in [2.05, 4.69) is 44.9 Å². The number of nitrogens with zero attached hydrogens (tertiary/aromatic N) is 4. The van der Waals surface area contributed by atoms with Crippen LogP contribution < -0.4 is 5.32 Å². The highest BCUT2D eigenvalue weighted by Gasteiger charge is 2.25. The lowest BCUT2D eigenvalue weighted by Crippen LogP contribution is -2.30. The van der Waals surface area contributed by atoms with Crippen LogP contribution in [0.15, 0.2) is 36.4 Å². The molecule has 2 aromatic heterocycles. The maximum Gasteiger partial charge on any atom is 0.177 e. The van der Waals surface area contributed by atoms with Crippen molar-refractivity contribution in [1.82, 2.24) is 25.1 Å². The molecular weight excluding hydrogens is 250 g/mol. The number of hydrogen-bond acceptors (Lipinski definition) is 4. The fourth-order valence-corrected chi connectivity index (χ4v) is 2.84. The normalized spacial score (nSPS) is 18.1. The Bertz CT molecular complexity index is 777. The topological polar surface area (TPSA) is 55.1 Å². The quantitative estimate of drug-likeness (QED) is 0.727. The third kappa shape index (κ3) is 1.71. The van der Waals surface area contributed by atoms with Gasteiger partial charge in [-0.25, -0.2) is 0 Å². The first-order valence-electron chi connectivity index (χ1n) is 6.80. The van der Waals surface area contributed by atoms with E-state index in [0.29, 0.717) is 0 Å². The summed E-state index contributed by atoms with van der Waals surface area (Å²) in [5.41, 5.74) is 4.42. The molecule has 20 heavy (non-hydrogen) atoms. The molecular formula is C15H15N5. The maximum absolute atomic E-state index is 4.55. The summed E-state index contributed by atoms with van der Waals surface area (Å²) in [6.07, 6.45) is 0. The minimum atomic E-state index is 0.198. The molecule has 0 radical (unpaired) electrons. The van der Waals surface area contributed by atoms with E-state index in [0.717, 1.165) is 30.3 Å². The molecule has 0 bridgehead atoms. The zero-order valence-corrected chi connectivity index (χ0v) is 11.2. The van der Waals surface area contributed by atoms with Gasteiger partial charge in [0.25, 0.3) is 0 Å². The monoisotopic (exact) mass is 265 g/mol. The molecule has 0 saturated carbocycles. The Kier molecular flexibility index (Phi) is 2.53. The predicted molar refractivity (Wildman–Crippen MR) is 75.5 cm³/mol. The minimum Gasteiger partial charge on any atom is -0.312 e. The lowest BCUT2D eigenvalue weighted by atomic mass is 9.90. The van der Waals surface area contributed by atoms with Crippen LogP contribution in [0.4, 0.5) is 0 Å². The Labute approximate surface area is 116 Å². The van der Waals surface area contributed by atoms with E-state index in [-0.39, 0.29) is 5.92 Å². The van der Waals surface area contributed by atoms with Crippen LogP contribution in [0, 0.1) is 6.92 Å². The molecule has 1 atom stereocenters. The molecule has 3 heterocycles. The average Bonchev–Trinajstić information content (AvgIpc) is 2.89. The lowest BCUT2D eigenvalue weighted by Gasteiger charge is -2.24. The molecule has 1 unspecified atom stereocenters.